The number of carbonyl (C=O) groups excluding carboxylic acids is 1. The predicted molar refractivity (Wildman–Crippen MR) is 83.5 cm³/mol. The summed E-state index contributed by atoms with van der Waals surface area (Å²) in [4.78, 5) is 16.6. The first kappa shape index (κ1) is 14.8. The van der Waals surface area contributed by atoms with Crippen LogP contribution in [0.3, 0.4) is 0 Å². The van der Waals surface area contributed by atoms with E-state index in [0.29, 0.717) is 6.42 Å². The van der Waals surface area contributed by atoms with Crippen LogP contribution in [0, 0.1) is 5.82 Å². The largest absolute Gasteiger partial charge is 0.340 e. The third-order valence-corrected chi connectivity index (χ3v) is 4.13. The van der Waals surface area contributed by atoms with Gasteiger partial charge in [-0.3, -0.25) is 4.79 Å². The number of halogens is 1. The van der Waals surface area contributed by atoms with Gasteiger partial charge in [0.15, 0.2) is 0 Å². The second kappa shape index (κ2) is 6.32. The van der Waals surface area contributed by atoms with Crippen molar-refractivity contribution in [3.63, 3.8) is 0 Å². The molecule has 1 aromatic carbocycles. The Balaban J connectivity index is 1.72. The van der Waals surface area contributed by atoms with Gasteiger partial charge in [0.1, 0.15) is 5.82 Å². The van der Waals surface area contributed by atoms with Gasteiger partial charge in [-0.2, -0.15) is 0 Å². The quantitative estimate of drug-likeness (QED) is 0.867. The van der Waals surface area contributed by atoms with E-state index in [1.165, 1.54) is 12.1 Å². The molecule has 0 atom stereocenters. The fourth-order valence-corrected chi connectivity index (χ4v) is 2.74. The molecule has 0 aliphatic carbocycles. The lowest BCUT2D eigenvalue weighted by Crippen LogP contribution is -2.47. The van der Waals surface area contributed by atoms with Gasteiger partial charge in [-0.05, 0) is 43.4 Å². The zero-order valence-corrected chi connectivity index (χ0v) is 12.7. The van der Waals surface area contributed by atoms with E-state index in [2.05, 4.69) is 11.9 Å². The van der Waals surface area contributed by atoms with Crippen LogP contribution < -0.4 is 0 Å². The van der Waals surface area contributed by atoms with E-state index in [-0.39, 0.29) is 11.7 Å². The SMILES string of the molecule is CN1CCN(C(=O)Cc2cccn2-c2ccc(F)cc2)CC1. The third kappa shape index (κ3) is 3.20. The summed E-state index contributed by atoms with van der Waals surface area (Å²) in [5, 5.41) is 0. The lowest BCUT2D eigenvalue weighted by molar-refractivity contribution is -0.132. The third-order valence-electron chi connectivity index (χ3n) is 4.13. The van der Waals surface area contributed by atoms with Gasteiger partial charge in [-0.15, -0.1) is 0 Å². The lowest BCUT2D eigenvalue weighted by atomic mass is 10.2. The fourth-order valence-electron chi connectivity index (χ4n) is 2.74. The molecule has 1 aromatic heterocycles. The molecule has 22 heavy (non-hydrogen) atoms. The van der Waals surface area contributed by atoms with Crippen LogP contribution in [0.2, 0.25) is 0 Å². The number of benzene rings is 1. The highest BCUT2D eigenvalue weighted by Crippen LogP contribution is 2.15. The molecule has 0 N–H and O–H groups in total. The Morgan fingerprint density at radius 1 is 1.09 bits per heavy atom. The monoisotopic (exact) mass is 301 g/mol. The number of rotatable bonds is 3. The number of nitrogens with zero attached hydrogens (tertiary/aromatic N) is 3. The molecule has 0 unspecified atom stereocenters. The van der Waals surface area contributed by atoms with Crippen molar-refractivity contribution in [3.8, 4) is 5.69 Å². The lowest BCUT2D eigenvalue weighted by Gasteiger charge is -2.32. The number of amides is 1. The van der Waals surface area contributed by atoms with Crippen LogP contribution in [-0.4, -0.2) is 53.5 Å². The summed E-state index contributed by atoms with van der Waals surface area (Å²) in [7, 11) is 2.07. The molecule has 0 radical (unpaired) electrons. The van der Waals surface area contributed by atoms with Crippen LogP contribution in [0.1, 0.15) is 5.69 Å². The van der Waals surface area contributed by atoms with Crippen molar-refractivity contribution in [2.75, 3.05) is 33.2 Å². The molecule has 1 amide bonds. The topological polar surface area (TPSA) is 28.5 Å². The zero-order chi connectivity index (χ0) is 15.5. The maximum Gasteiger partial charge on any atom is 0.228 e. The molecule has 0 saturated carbocycles. The highest BCUT2D eigenvalue weighted by molar-refractivity contribution is 5.78. The average Bonchev–Trinajstić information content (AvgIpc) is 2.97. The minimum absolute atomic E-state index is 0.148. The molecule has 5 heteroatoms. The van der Waals surface area contributed by atoms with E-state index in [1.54, 1.807) is 12.1 Å². The van der Waals surface area contributed by atoms with Crippen LogP contribution in [-0.2, 0) is 11.2 Å². The normalized spacial score (nSPS) is 16.0. The van der Waals surface area contributed by atoms with Crippen molar-refractivity contribution in [1.29, 1.82) is 0 Å². The summed E-state index contributed by atoms with van der Waals surface area (Å²) >= 11 is 0. The van der Waals surface area contributed by atoms with Crippen LogP contribution in [0.25, 0.3) is 5.69 Å². The number of carbonyl (C=O) groups is 1. The fraction of sp³-hybridized carbons (Fsp3) is 0.353. The Morgan fingerprint density at radius 3 is 2.45 bits per heavy atom. The first-order valence-corrected chi connectivity index (χ1v) is 7.52. The molecule has 1 aliphatic rings. The molecular weight excluding hydrogens is 281 g/mol. The van der Waals surface area contributed by atoms with Gasteiger partial charge in [0.05, 0.1) is 6.42 Å². The van der Waals surface area contributed by atoms with E-state index < -0.39 is 0 Å². The molecule has 0 spiro atoms. The summed E-state index contributed by atoms with van der Waals surface area (Å²) in [6.45, 7) is 3.41. The van der Waals surface area contributed by atoms with Gasteiger partial charge < -0.3 is 14.4 Å². The van der Waals surface area contributed by atoms with Crippen LogP contribution in [0.5, 0.6) is 0 Å². The van der Waals surface area contributed by atoms with Crippen LogP contribution in [0.15, 0.2) is 42.6 Å². The smallest absolute Gasteiger partial charge is 0.228 e. The predicted octanol–water partition coefficient (Wildman–Crippen LogP) is 1.93. The van der Waals surface area contributed by atoms with Crippen LogP contribution in [0.4, 0.5) is 4.39 Å². The molecule has 0 bridgehead atoms. The van der Waals surface area contributed by atoms with Gasteiger partial charge in [0.2, 0.25) is 5.91 Å². The molecule has 1 fully saturated rings. The van der Waals surface area contributed by atoms with E-state index >= 15 is 0 Å². The molecule has 2 heterocycles. The summed E-state index contributed by atoms with van der Waals surface area (Å²) in [6.07, 6.45) is 2.27. The van der Waals surface area contributed by atoms with Crippen molar-refractivity contribution >= 4 is 5.91 Å². The zero-order valence-electron chi connectivity index (χ0n) is 12.7. The molecule has 4 nitrogen and oxygen atoms in total. The Bertz CT molecular complexity index is 642. The molecule has 1 aliphatic heterocycles. The van der Waals surface area contributed by atoms with E-state index in [4.69, 9.17) is 0 Å². The summed E-state index contributed by atoms with van der Waals surface area (Å²) < 4.78 is 15.0. The van der Waals surface area contributed by atoms with Crippen molar-refractivity contribution < 1.29 is 9.18 Å². The number of piperazine rings is 1. The van der Waals surface area contributed by atoms with E-state index in [9.17, 15) is 9.18 Å². The first-order valence-electron chi connectivity index (χ1n) is 7.52. The average molecular weight is 301 g/mol. The summed E-state index contributed by atoms with van der Waals surface area (Å²) in [5.74, 6) is -0.110. The Labute approximate surface area is 129 Å². The Morgan fingerprint density at radius 2 is 1.77 bits per heavy atom. The number of hydrogen-bond donors (Lipinski definition) is 0. The minimum atomic E-state index is -0.258. The van der Waals surface area contributed by atoms with Gasteiger partial charge in [-0.25, -0.2) is 4.39 Å². The molecule has 1 saturated heterocycles. The van der Waals surface area contributed by atoms with Gasteiger partial charge >= 0.3 is 0 Å². The van der Waals surface area contributed by atoms with Crippen LogP contribution >= 0.6 is 0 Å². The molecule has 2 aromatic rings. The minimum Gasteiger partial charge on any atom is -0.340 e. The second-order valence-electron chi connectivity index (χ2n) is 5.71. The van der Waals surface area contributed by atoms with Crippen molar-refractivity contribution in [3.05, 3.63) is 54.1 Å². The van der Waals surface area contributed by atoms with Gasteiger partial charge in [0.25, 0.3) is 0 Å². The molecule has 116 valence electrons. The number of likely N-dealkylation sites (N-methyl/N-ethyl adjacent to an activating group) is 1. The van der Waals surface area contributed by atoms with Crippen molar-refractivity contribution in [2.45, 2.75) is 6.42 Å². The maximum absolute atomic E-state index is 13.0. The Kier molecular flexibility index (Phi) is 4.24. The maximum atomic E-state index is 13.0. The van der Waals surface area contributed by atoms with Gasteiger partial charge in [0, 0.05) is 43.8 Å². The highest BCUT2D eigenvalue weighted by Gasteiger charge is 2.20. The summed E-state index contributed by atoms with van der Waals surface area (Å²) in [6, 6.07) is 10.2. The first-order chi connectivity index (χ1) is 10.6. The highest BCUT2D eigenvalue weighted by atomic mass is 19.1. The number of hydrogen-bond acceptors (Lipinski definition) is 2. The van der Waals surface area contributed by atoms with E-state index in [1.807, 2.05) is 27.8 Å². The summed E-state index contributed by atoms with van der Waals surface area (Å²) in [5.41, 5.74) is 1.79. The molecular formula is C17H20FN3O. The second-order valence-corrected chi connectivity index (χ2v) is 5.71. The Hall–Kier alpha value is -2.14. The van der Waals surface area contributed by atoms with Crippen molar-refractivity contribution in [2.24, 2.45) is 0 Å². The van der Waals surface area contributed by atoms with Crippen molar-refractivity contribution in [1.82, 2.24) is 14.4 Å². The van der Waals surface area contributed by atoms with Gasteiger partial charge in [-0.1, -0.05) is 0 Å². The standard InChI is InChI=1S/C17H20FN3O/c1-19-9-11-20(12-10-19)17(22)13-16-3-2-8-21(16)15-6-4-14(18)5-7-15/h2-8H,9-13H2,1H3. The number of aromatic nitrogens is 1. The molecule has 3 rings (SSSR count). The van der Waals surface area contributed by atoms with E-state index in [0.717, 1.165) is 37.6 Å².